The van der Waals surface area contributed by atoms with Gasteiger partial charge in [0.15, 0.2) is 9.84 Å². The lowest BCUT2D eigenvalue weighted by Gasteiger charge is -2.11. The van der Waals surface area contributed by atoms with Gasteiger partial charge in [0.2, 0.25) is 0 Å². The van der Waals surface area contributed by atoms with Crippen molar-refractivity contribution >= 4 is 27.1 Å². The average Bonchev–Trinajstić information content (AvgIpc) is 3.09. The lowest BCUT2D eigenvalue weighted by molar-refractivity contribution is -0.385. The molecule has 1 aliphatic heterocycles. The summed E-state index contributed by atoms with van der Waals surface area (Å²) in [6.45, 7) is 1.27. The maximum atomic E-state index is 11.7. The Labute approximate surface area is 108 Å². The summed E-state index contributed by atoms with van der Waals surface area (Å²) in [6.07, 6.45) is 0.961. The molecule has 0 aromatic heterocycles. The molecule has 0 spiro atoms. The second kappa shape index (κ2) is 4.19. The van der Waals surface area contributed by atoms with Crippen LogP contribution in [0.5, 0.6) is 0 Å². The fraction of sp³-hybridized carbons (Fsp3) is 0.300. The molecule has 0 aliphatic carbocycles. The number of primary amides is 1. The summed E-state index contributed by atoms with van der Waals surface area (Å²) >= 11 is 0. The van der Waals surface area contributed by atoms with Gasteiger partial charge in [0, 0.05) is 25.4 Å². The summed E-state index contributed by atoms with van der Waals surface area (Å²) in [5.74, 6) is -0.963. The molecule has 1 aromatic rings. The van der Waals surface area contributed by atoms with Crippen LogP contribution in [-0.2, 0) is 9.84 Å². The third kappa shape index (κ3) is 2.50. The van der Waals surface area contributed by atoms with Crippen molar-refractivity contribution in [1.82, 2.24) is 0 Å². The molecule has 2 N–H and O–H groups in total. The zero-order chi connectivity index (χ0) is 14.4. The Morgan fingerprint density at radius 3 is 2.37 bits per heavy atom. The van der Waals surface area contributed by atoms with E-state index >= 15 is 0 Å². The summed E-state index contributed by atoms with van der Waals surface area (Å²) < 4.78 is 23.4. The monoisotopic (exact) mass is 285 g/mol. The minimum Gasteiger partial charge on any atom is -0.367 e. The molecule has 1 aliphatic rings. The zero-order valence-corrected chi connectivity index (χ0v) is 10.8. The number of carbonyl (C=O) groups is 1. The molecule has 1 aromatic carbocycles. The number of amides is 1. The second-order valence-electron chi connectivity index (χ2n) is 4.22. The van der Waals surface area contributed by atoms with E-state index in [1.54, 1.807) is 4.90 Å². The number of hydrogen-bond acceptors (Lipinski definition) is 6. The Morgan fingerprint density at radius 1 is 1.42 bits per heavy atom. The molecule has 0 atom stereocenters. The molecule has 8 nitrogen and oxygen atoms in total. The van der Waals surface area contributed by atoms with E-state index in [1.165, 1.54) is 6.07 Å². The van der Waals surface area contributed by atoms with E-state index in [0.29, 0.717) is 13.1 Å². The van der Waals surface area contributed by atoms with Crippen LogP contribution < -0.4 is 10.6 Å². The van der Waals surface area contributed by atoms with E-state index in [-0.39, 0.29) is 16.1 Å². The van der Waals surface area contributed by atoms with Gasteiger partial charge in [-0.25, -0.2) is 8.42 Å². The summed E-state index contributed by atoms with van der Waals surface area (Å²) in [6, 6.07) is 2.06. The Morgan fingerprint density at radius 2 is 2.00 bits per heavy atom. The quantitative estimate of drug-likeness (QED) is 0.468. The molecule has 9 heteroatoms. The van der Waals surface area contributed by atoms with Gasteiger partial charge in [-0.2, -0.15) is 0 Å². The molecule has 0 saturated carbocycles. The van der Waals surface area contributed by atoms with Crippen molar-refractivity contribution in [2.24, 2.45) is 5.73 Å². The predicted molar refractivity (Wildman–Crippen MR) is 66.9 cm³/mol. The molecule has 102 valence electrons. The molecule has 1 saturated heterocycles. The van der Waals surface area contributed by atoms with Crippen LogP contribution in [0, 0.1) is 10.1 Å². The third-order valence-corrected chi connectivity index (χ3v) is 3.85. The van der Waals surface area contributed by atoms with Crippen LogP contribution in [0.25, 0.3) is 0 Å². The number of nitro benzene ring substituents is 1. The van der Waals surface area contributed by atoms with Crippen LogP contribution >= 0.6 is 0 Å². The number of anilines is 1. The number of nitro groups is 1. The first-order chi connectivity index (χ1) is 8.71. The van der Waals surface area contributed by atoms with Gasteiger partial charge in [0.05, 0.1) is 15.5 Å². The standard InChI is InChI=1S/C10H11N3O5S/c1-19(17,18)9-5-7(13(15)16)6(10(11)14)4-8(9)12-2-3-12/h4-5H,2-3H2,1H3,(H2,11,14). The highest BCUT2D eigenvalue weighted by atomic mass is 32.2. The first-order valence-corrected chi connectivity index (χ1v) is 7.18. The Hall–Kier alpha value is -2.16. The van der Waals surface area contributed by atoms with Crippen LogP contribution in [0.2, 0.25) is 0 Å². The van der Waals surface area contributed by atoms with E-state index in [0.717, 1.165) is 12.3 Å². The highest BCUT2D eigenvalue weighted by Crippen LogP contribution is 2.35. The average molecular weight is 285 g/mol. The maximum Gasteiger partial charge on any atom is 0.283 e. The summed E-state index contributed by atoms with van der Waals surface area (Å²) in [7, 11) is -3.64. The van der Waals surface area contributed by atoms with E-state index in [4.69, 9.17) is 5.73 Å². The van der Waals surface area contributed by atoms with Crippen molar-refractivity contribution in [1.29, 1.82) is 0 Å². The molecule has 2 rings (SSSR count). The molecule has 1 amide bonds. The Balaban J connectivity index is 2.77. The second-order valence-corrected chi connectivity index (χ2v) is 6.20. The van der Waals surface area contributed by atoms with Gasteiger partial charge in [0.25, 0.3) is 11.6 Å². The summed E-state index contributed by atoms with van der Waals surface area (Å²) in [5, 5.41) is 10.9. The fourth-order valence-corrected chi connectivity index (χ4v) is 2.63. The Bertz CT molecular complexity index is 679. The van der Waals surface area contributed by atoms with Crippen LogP contribution in [0.3, 0.4) is 0 Å². The third-order valence-electron chi connectivity index (χ3n) is 2.73. The van der Waals surface area contributed by atoms with Crippen LogP contribution in [0.1, 0.15) is 10.4 Å². The van der Waals surface area contributed by atoms with Gasteiger partial charge in [-0.1, -0.05) is 0 Å². The zero-order valence-electron chi connectivity index (χ0n) is 9.99. The van der Waals surface area contributed by atoms with Gasteiger partial charge in [-0.05, 0) is 6.07 Å². The first-order valence-electron chi connectivity index (χ1n) is 5.29. The van der Waals surface area contributed by atoms with Crippen LogP contribution in [-0.4, -0.2) is 38.6 Å². The van der Waals surface area contributed by atoms with Crippen molar-refractivity contribution in [3.63, 3.8) is 0 Å². The molecule has 0 unspecified atom stereocenters. The maximum absolute atomic E-state index is 11.7. The lowest BCUT2D eigenvalue weighted by Crippen LogP contribution is -2.15. The van der Waals surface area contributed by atoms with E-state index < -0.39 is 26.4 Å². The van der Waals surface area contributed by atoms with Gasteiger partial charge in [-0.3, -0.25) is 14.9 Å². The molecule has 1 heterocycles. The minimum atomic E-state index is -3.64. The van der Waals surface area contributed by atoms with Crippen molar-refractivity contribution < 1.29 is 18.1 Å². The normalized spacial score (nSPS) is 14.3. The number of sulfone groups is 1. The van der Waals surface area contributed by atoms with Crippen molar-refractivity contribution in [3.05, 3.63) is 27.8 Å². The highest BCUT2D eigenvalue weighted by Gasteiger charge is 2.31. The fourth-order valence-electron chi connectivity index (χ4n) is 1.74. The van der Waals surface area contributed by atoms with Gasteiger partial charge < -0.3 is 10.6 Å². The van der Waals surface area contributed by atoms with Crippen LogP contribution in [0.15, 0.2) is 17.0 Å². The Kier molecular flexibility index (Phi) is 2.93. The molecule has 1 fully saturated rings. The lowest BCUT2D eigenvalue weighted by atomic mass is 10.1. The van der Waals surface area contributed by atoms with E-state index in [1.807, 2.05) is 0 Å². The number of nitrogens with two attached hydrogens (primary N) is 1. The molecule has 0 radical (unpaired) electrons. The SMILES string of the molecule is CS(=O)(=O)c1cc([N+](=O)[O-])c(C(N)=O)cc1N1CC1. The molecule has 19 heavy (non-hydrogen) atoms. The number of nitrogens with zero attached hydrogens (tertiary/aromatic N) is 2. The number of hydrogen-bond donors (Lipinski definition) is 1. The molecular formula is C10H11N3O5S. The summed E-state index contributed by atoms with van der Waals surface area (Å²) in [5.41, 5.74) is 4.48. The van der Waals surface area contributed by atoms with E-state index in [9.17, 15) is 23.3 Å². The first kappa shape index (κ1) is 13.3. The number of benzene rings is 1. The van der Waals surface area contributed by atoms with Gasteiger partial charge in [0.1, 0.15) is 5.56 Å². The summed E-state index contributed by atoms with van der Waals surface area (Å²) in [4.78, 5) is 22.8. The predicted octanol–water partition coefficient (Wildman–Crippen LogP) is -0.0828. The molecular weight excluding hydrogens is 274 g/mol. The van der Waals surface area contributed by atoms with Crippen LogP contribution in [0.4, 0.5) is 11.4 Å². The minimum absolute atomic E-state index is 0.165. The largest absolute Gasteiger partial charge is 0.367 e. The van der Waals surface area contributed by atoms with Gasteiger partial charge >= 0.3 is 0 Å². The highest BCUT2D eigenvalue weighted by molar-refractivity contribution is 7.90. The van der Waals surface area contributed by atoms with Crippen molar-refractivity contribution in [3.8, 4) is 0 Å². The van der Waals surface area contributed by atoms with Gasteiger partial charge in [-0.15, -0.1) is 0 Å². The van der Waals surface area contributed by atoms with Crippen molar-refractivity contribution in [2.45, 2.75) is 4.90 Å². The molecule has 0 bridgehead atoms. The number of carbonyl (C=O) groups excluding carboxylic acids is 1. The van der Waals surface area contributed by atoms with E-state index in [2.05, 4.69) is 0 Å². The smallest absolute Gasteiger partial charge is 0.283 e. The van der Waals surface area contributed by atoms with Crippen molar-refractivity contribution in [2.75, 3.05) is 24.2 Å². The topological polar surface area (TPSA) is 123 Å². The number of rotatable bonds is 4.